The van der Waals surface area contributed by atoms with Gasteiger partial charge in [-0.2, -0.15) is 0 Å². The van der Waals surface area contributed by atoms with E-state index in [0.29, 0.717) is 19.7 Å². The lowest BCUT2D eigenvalue weighted by molar-refractivity contribution is 0.0220. The summed E-state index contributed by atoms with van der Waals surface area (Å²) in [6, 6.07) is 6.41. The zero-order valence-electron chi connectivity index (χ0n) is 14.1. The highest BCUT2D eigenvalue weighted by Crippen LogP contribution is 2.14. The van der Waals surface area contributed by atoms with Crippen LogP contribution in [0.15, 0.2) is 29.2 Å². The van der Waals surface area contributed by atoms with E-state index in [-0.39, 0.29) is 23.6 Å². The van der Waals surface area contributed by atoms with Crippen LogP contribution in [-0.4, -0.2) is 52.2 Å². The predicted molar refractivity (Wildman–Crippen MR) is 91.1 cm³/mol. The molecule has 2 amide bonds. The number of hydrogen-bond acceptors (Lipinski definition) is 4. The lowest BCUT2D eigenvalue weighted by atomic mass is 10.1. The summed E-state index contributed by atoms with van der Waals surface area (Å²) >= 11 is 0. The first-order valence-corrected chi connectivity index (χ1v) is 9.61. The van der Waals surface area contributed by atoms with Gasteiger partial charge in [-0.25, -0.2) is 17.9 Å². The quantitative estimate of drug-likeness (QED) is 0.805. The number of carbonyl (C=O) groups excluding carboxylic acids is 1. The van der Waals surface area contributed by atoms with Gasteiger partial charge in [0.05, 0.1) is 11.0 Å². The fourth-order valence-corrected chi connectivity index (χ4v) is 3.49. The molecule has 1 fully saturated rings. The summed E-state index contributed by atoms with van der Waals surface area (Å²) in [5.41, 5.74) is 0.740. The van der Waals surface area contributed by atoms with Crippen LogP contribution in [0, 0.1) is 0 Å². The van der Waals surface area contributed by atoms with Crippen molar-refractivity contribution in [1.29, 1.82) is 0 Å². The van der Waals surface area contributed by atoms with Gasteiger partial charge in [0.15, 0.2) is 0 Å². The van der Waals surface area contributed by atoms with Crippen LogP contribution in [0.2, 0.25) is 0 Å². The zero-order valence-corrected chi connectivity index (χ0v) is 14.9. The van der Waals surface area contributed by atoms with E-state index in [4.69, 9.17) is 4.74 Å². The van der Waals surface area contributed by atoms with Crippen molar-refractivity contribution in [2.75, 3.05) is 26.7 Å². The van der Waals surface area contributed by atoms with Crippen LogP contribution in [-0.2, 0) is 21.3 Å². The molecule has 1 saturated heterocycles. The van der Waals surface area contributed by atoms with E-state index in [0.717, 1.165) is 18.4 Å². The van der Waals surface area contributed by atoms with E-state index in [1.54, 1.807) is 23.1 Å². The molecule has 0 aliphatic carbocycles. The Morgan fingerprint density at radius 2 is 2.04 bits per heavy atom. The Hall–Kier alpha value is -1.64. The van der Waals surface area contributed by atoms with E-state index in [9.17, 15) is 13.2 Å². The summed E-state index contributed by atoms with van der Waals surface area (Å²) in [5, 5.41) is 2.84. The summed E-state index contributed by atoms with van der Waals surface area (Å²) in [6.45, 7) is 4.30. The highest BCUT2D eigenvalue weighted by Gasteiger charge is 2.22. The number of piperidine rings is 1. The molecule has 1 aromatic carbocycles. The standard InChI is InChI=1S/C16H25N3O4S/c1-3-23-14-7-9-19(10-8-14)16(20)18-12-13-5-4-6-15(11-13)24(21,22)17-2/h4-6,11,14,17H,3,7-10,12H2,1-2H3,(H,18,20). The fourth-order valence-electron chi connectivity index (χ4n) is 2.69. The molecule has 2 rings (SSSR count). The molecule has 7 nitrogen and oxygen atoms in total. The second-order valence-corrected chi connectivity index (χ2v) is 7.54. The average Bonchev–Trinajstić information content (AvgIpc) is 2.61. The molecule has 0 unspecified atom stereocenters. The Bertz CT molecular complexity index is 655. The molecule has 8 heteroatoms. The maximum Gasteiger partial charge on any atom is 0.317 e. The van der Waals surface area contributed by atoms with Crippen molar-refractivity contribution < 1.29 is 17.9 Å². The molecular formula is C16H25N3O4S. The molecule has 0 aromatic heterocycles. The third kappa shape index (κ3) is 4.93. The van der Waals surface area contributed by atoms with E-state index in [1.807, 2.05) is 6.92 Å². The Morgan fingerprint density at radius 1 is 1.33 bits per heavy atom. The molecule has 0 spiro atoms. The number of ether oxygens (including phenoxy) is 1. The zero-order chi connectivity index (χ0) is 17.6. The molecular weight excluding hydrogens is 330 g/mol. The van der Waals surface area contributed by atoms with Gasteiger partial charge in [-0.3, -0.25) is 0 Å². The van der Waals surface area contributed by atoms with Gasteiger partial charge in [0.25, 0.3) is 0 Å². The number of urea groups is 1. The van der Waals surface area contributed by atoms with Crippen molar-refractivity contribution in [3.63, 3.8) is 0 Å². The summed E-state index contributed by atoms with van der Waals surface area (Å²) in [4.78, 5) is 14.2. The van der Waals surface area contributed by atoms with Crippen LogP contribution >= 0.6 is 0 Å². The highest BCUT2D eigenvalue weighted by atomic mass is 32.2. The third-order valence-corrected chi connectivity index (χ3v) is 5.46. The normalized spacial score (nSPS) is 16.2. The van der Waals surface area contributed by atoms with Crippen LogP contribution in [0.3, 0.4) is 0 Å². The maximum absolute atomic E-state index is 12.2. The topological polar surface area (TPSA) is 87.7 Å². The largest absolute Gasteiger partial charge is 0.378 e. The van der Waals surface area contributed by atoms with Gasteiger partial charge in [0.2, 0.25) is 10.0 Å². The third-order valence-electron chi connectivity index (χ3n) is 4.05. The number of carbonyl (C=O) groups is 1. The van der Waals surface area contributed by atoms with Gasteiger partial charge in [-0.15, -0.1) is 0 Å². The van der Waals surface area contributed by atoms with Crippen LogP contribution in [0.5, 0.6) is 0 Å². The Kier molecular flexibility index (Phi) is 6.59. The minimum Gasteiger partial charge on any atom is -0.378 e. The molecule has 0 radical (unpaired) electrons. The summed E-state index contributed by atoms with van der Waals surface area (Å²) in [7, 11) is -2.11. The van der Waals surface area contributed by atoms with Gasteiger partial charge in [0.1, 0.15) is 0 Å². The van der Waals surface area contributed by atoms with E-state index < -0.39 is 10.0 Å². The van der Waals surface area contributed by atoms with Crippen molar-refractivity contribution in [2.24, 2.45) is 0 Å². The lowest BCUT2D eigenvalue weighted by Gasteiger charge is -2.31. The molecule has 1 aromatic rings. The van der Waals surface area contributed by atoms with Crippen LogP contribution < -0.4 is 10.0 Å². The number of nitrogens with zero attached hydrogens (tertiary/aromatic N) is 1. The second kappa shape index (κ2) is 8.46. The number of nitrogens with one attached hydrogen (secondary N) is 2. The average molecular weight is 355 g/mol. The van der Waals surface area contributed by atoms with Crippen LogP contribution in [0.1, 0.15) is 25.3 Å². The molecule has 134 valence electrons. The molecule has 0 saturated carbocycles. The van der Waals surface area contributed by atoms with Gasteiger partial charge in [-0.1, -0.05) is 12.1 Å². The summed E-state index contributed by atoms with van der Waals surface area (Å²) in [5.74, 6) is 0. The molecule has 0 bridgehead atoms. The number of hydrogen-bond donors (Lipinski definition) is 2. The first-order valence-electron chi connectivity index (χ1n) is 8.13. The fraction of sp³-hybridized carbons (Fsp3) is 0.562. The molecule has 24 heavy (non-hydrogen) atoms. The van der Waals surface area contributed by atoms with Gasteiger partial charge >= 0.3 is 6.03 Å². The number of sulfonamides is 1. The summed E-state index contributed by atoms with van der Waals surface area (Å²) < 4.78 is 31.5. The first-order chi connectivity index (χ1) is 11.5. The number of likely N-dealkylation sites (tertiary alicyclic amines) is 1. The number of benzene rings is 1. The Morgan fingerprint density at radius 3 is 2.67 bits per heavy atom. The highest BCUT2D eigenvalue weighted by molar-refractivity contribution is 7.89. The summed E-state index contributed by atoms with van der Waals surface area (Å²) in [6.07, 6.45) is 1.93. The second-order valence-electron chi connectivity index (χ2n) is 5.66. The van der Waals surface area contributed by atoms with Crippen molar-refractivity contribution in [3.05, 3.63) is 29.8 Å². The molecule has 1 heterocycles. The Labute approximate surface area is 143 Å². The van der Waals surface area contributed by atoms with Crippen LogP contribution in [0.25, 0.3) is 0 Å². The van der Waals surface area contributed by atoms with E-state index >= 15 is 0 Å². The van der Waals surface area contributed by atoms with Crippen molar-refractivity contribution in [1.82, 2.24) is 14.9 Å². The molecule has 0 atom stereocenters. The van der Waals surface area contributed by atoms with Crippen molar-refractivity contribution in [3.8, 4) is 0 Å². The maximum atomic E-state index is 12.2. The van der Waals surface area contributed by atoms with Crippen molar-refractivity contribution >= 4 is 16.1 Å². The monoisotopic (exact) mass is 355 g/mol. The Balaban J connectivity index is 1.88. The molecule has 1 aliphatic heterocycles. The SMILES string of the molecule is CCOC1CCN(C(=O)NCc2cccc(S(=O)(=O)NC)c2)CC1. The molecule has 1 aliphatic rings. The van der Waals surface area contributed by atoms with Crippen molar-refractivity contribution in [2.45, 2.75) is 37.3 Å². The van der Waals surface area contributed by atoms with Gasteiger partial charge in [0, 0.05) is 26.2 Å². The minimum atomic E-state index is -3.48. The predicted octanol–water partition coefficient (Wildman–Crippen LogP) is 1.31. The minimum absolute atomic E-state index is 0.133. The smallest absolute Gasteiger partial charge is 0.317 e. The van der Waals surface area contributed by atoms with E-state index in [2.05, 4.69) is 10.0 Å². The lowest BCUT2D eigenvalue weighted by Crippen LogP contribution is -2.45. The van der Waals surface area contributed by atoms with Crippen LogP contribution in [0.4, 0.5) is 4.79 Å². The number of rotatable bonds is 6. The number of amides is 2. The van der Waals surface area contributed by atoms with Gasteiger partial charge < -0.3 is 15.0 Å². The molecule has 2 N–H and O–H groups in total. The first kappa shape index (κ1) is 18.7. The van der Waals surface area contributed by atoms with E-state index in [1.165, 1.54) is 13.1 Å². The van der Waals surface area contributed by atoms with Gasteiger partial charge in [-0.05, 0) is 44.5 Å².